The van der Waals surface area contributed by atoms with Crippen LogP contribution in [0.4, 0.5) is 5.69 Å². The minimum Gasteiger partial charge on any atom is -0.507 e. The number of benzene rings is 3. The number of hydrogen-bond acceptors (Lipinski definition) is 5. The van der Waals surface area contributed by atoms with E-state index in [0.29, 0.717) is 40.2 Å². The molecule has 37 heavy (non-hydrogen) atoms. The fraction of sp³-hybridized carbons (Fsp3) is 0.133. The second-order valence-corrected chi connectivity index (χ2v) is 9.28. The van der Waals surface area contributed by atoms with Crippen molar-refractivity contribution in [2.24, 2.45) is 0 Å². The van der Waals surface area contributed by atoms with E-state index in [-0.39, 0.29) is 11.3 Å². The topological polar surface area (TPSA) is 80.0 Å². The van der Waals surface area contributed by atoms with Crippen LogP contribution in [0.3, 0.4) is 0 Å². The molecule has 1 atom stereocenters. The van der Waals surface area contributed by atoms with Crippen LogP contribution in [0.5, 0.6) is 5.75 Å². The van der Waals surface area contributed by atoms with Crippen LogP contribution in [0.2, 0.25) is 5.02 Å². The van der Waals surface area contributed by atoms with Crippen LogP contribution in [-0.2, 0) is 16.2 Å². The Morgan fingerprint density at radius 2 is 1.70 bits per heavy atom. The summed E-state index contributed by atoms with van der Waals surface area (Å²) < 4.78 is 11.8. The van der Waals surface area contributed by atoms with Crippen molar-refractivity contribution in [1.82, 2.24) is 0 Å². The van der Waals surface area contributed by atoms with Gasteiger partial charge in [-0.3, -0.25) is 14.5 Å². The summed E-state index contributed by atoms with van der Waals surface area (Å²) in [5.74, 6) is -0.206. The number of furan rings is 1. The van der Waals surface area contributed by atoms with Gasteiger partial charge >= 0.3 is 0 Å². The second kappa shape index (κ2) is 9.99. The summed E-state index contributed by atoms with van der Waals surface area (Å²) in [6.45, 7) is 4.03. The lowest BCUT2D eigenvalue weighted by molar-refractivity contribution is -0.132. The molecule has 186 valence electrons. The lowest BCUT2D eigenvalue weighted by Gasteiger charge is -2.23. The number of halogens is 1. The zero-order valence-corrected chi connectivity index (χ0v) is 21.0. The summed E-state index contributed by atoms with van der Waals surface area (Å²) in [4.78, 5) is 27.8. The van der Waals surface area contributed by atoms with Gasteiger partial charge in [-0.2, -0.15) is 0 Å². The van der Waals surface area contributed by atoms with Crippen LogP contribution in [-0.4, -0.2) is 16.8 Å². The molecule has 1 unspecified atom stereocenters. The number of aryl methyl sites for hydroxylation is 2. The molecule has 5 rings (SSSR count). The summed E-state index contributed by atoms with van der Waals surface area (Å²) >= 11 is 6.04. The van der Waals surface area contributed by atoms with Gasteiger partial charge in [-0.05, 0) is 79.6 Å². The highest BCUT2D eigenvalue weighted by Gasteiger charge is 2.48. The van der Waals surface area contributed by atoms with Gasteiger partial charge in [0.2, 0.25) is 0 Å². The second-order valence-electron chi connectivity index (χ2n) is 8.85. The average molecular weight is 514 g/mol. The molecule has 6 nitrogen and oxygen atoms in total. The fourth-order valence-corrected chi connectivity index (χ4v) is 4.55. The van der Waals surface area contributed by atoms with Crippen LogP contribution in [0.1, 0.15) is 34.3 Å². The number of aliphatic hydroxyl groups excluding tert-OH is 1. The third-order valence-corrected chi connectivity index (χ3v) is 6.52. The average Bonchev–Trinajstić information content (AvgIpc) is 3.44. The smallest absolute Gasteiger partial charge is 0.300 e. The van der Waals surface area contributed by atoms with Crippen molar-refractivity contribution < 1.29 is 23.8 Å². The van der Waals surface area contributed by atoms with Crippen molar-refractivity contribution >= 4 is 34.7 Å². The van der Waals surface area contributed by atoms with E-state index in [4.69, 9.17) is 20.8 Å². The Hall–Kier alpha value is -4.29. The normalized spacial score (nSPS) is 16.8. The van der Waals surface area contributed by atoms with E-state index in [2.05, 4.69) is 0 Å². The molecule has 3 aromatic carbocycles. The number of aliphatic hydroxyl groups is 1. The molecule has 1 aliphatic heterocycles. The van der Waals surface area contributed by atoms with Gasteiger partial charge < -0.3 is 14.3 Å². The maximum absolute atomic E-state index is 13.3. The molecule has 0 aliphatic carbocycles. The van der Waals surface area contributed by atoms with E-state index in [1.54, 1.807) is 61.5 Å². The van der Waals surface area contributed by atoms with Gasteiger partial charge in [-0.15, -0.1) is 0 Å². The van der Waals surface area contributed by atoms with Crippen LogP contribution < -0.4 is 9.64 Å². The number of anilines is 1. The van der Waals surface area contributed by atoms with Gasteiger partial charge in [0, 0.05) is 16.3 Å². The van der Waals surface area contributed by atoms with E-state index in [0.717, 1.165) is 11.1 Å². The first-order valence-electron chi connectivity index (χ1n) is 11.7. The first kappa shape index (κ1) is 24.4. The van der Waals surface area contributed by atoms with Gasteiger partial charge in [0.15, 0.2) is 0 Å². The Kier molecular flexibility index (Phi) is 6.59. The molecule has 0 radical (unpaired) electrons. The Balaban J connectivity index is 1.54. The van der Waals surface area contributed by atoms with Gasteiger partial charge in [0.05, 0.1) is 5.57 Å². The first-order valence-corrected chi connectivity index (χ1v) is 12.1. The van der Waals surface area contributed by atoms with Crippen LogP contribution in [0.25, 0.3) is 5.76 Å². The van der Waals surface area contributed by atoms with Crippen molar-refractivity contribution in [2.45, 2.75) is 26.5 Å². The predicted octanol–water partition coefficient (Wildman–Crippen LogP) is 6.76. The summed E-state index contributed by atoms with van der Waals surface area (Å²) in [6, 6.07) is 24.0. The predicted molar refractivity (Wildman–Crippen MR) is 142 cm³/mol. The first-order chi connectivity index (χ1) is 17.8. The zero-order valence-electron chi connectivity index (χ0n) is 20.3. The monoisotopic (exact) mass is 513 g/mol. The maximum Gasteiger partial charge on any atom is 0.300 e. The van der Waals surface area contributed by atoms with Gasteiger partial charge in [-0.1, -0.05) is 41.9 Å². The molecule has 1 saturated heterocycles. The molecule has 1 aromatic heterocycles. The maximum atomic E-state index is 13.3. The Labute approximate surface area is 219 Å². The van der Waals surface area contributed by atoms with E-state index >= 15 is 0 Å². The van der Waals surface area contributed by atoms with Crippen molar-refractivity contribution in [1.29, 1.82) is 0 Å². The number of carbonyl (C=O) groups is 2. The molecule has 1 fully saturated rings. The summed E-state index contributed by atoms with van der Waals surface area (Å²) in [6.07, 6.45) is 0. The van der Waals surface area contributed by atoms with Crippen molar-refractivity contribution in [2.75, 3.05) is 4.90 Å². The molecular weight excluding hydrogens is 490 g/mol. The summed E-state index contributed by atoms with van der Waals surface area (Å²) in [7, 11) is 0. The zero-order chi connectivity index (χ0) is 26.1. The summed E-state index contributed by atoms with van der Waals surface area (Å²) in [5, 5.41) is 11.9. The van der Waals surface area contributed by atoms with Crippen molar-refractivity contribution in [3.63, 3.8) is 0 Å². The number of ether oxygens (including phenoxy) is 1. The highest BCUT2D eigenvalue weighted by atomic mass is 35.5. The minimum absolute atomic E-state index is 0.0494. The molecule has 2 heterocycles. The number of hydrogen-bond donors (Lipinski definition) is 1. The van der Waals surface area contributed by atoms with Crippen LogP contribution >= 0.6 is 11.6 Å². The minimum atomic E-state index is -0.941. The SMILES string of the molecule is Cc1ccc(C2/C(=C(/O)c3ccc(OCc4ccccc4)c(C)c3)C(=O)C(=O)N2c2ccc(Cl)cc2)o1. The lowest BCUT2D eigenvalue weighted by Crippen LogP contribution is -2.29. The fourth-order valence-electron chi connectivity index (χ4n) is 4.42. The Morgan fingerprint density at radius 1 is 0.973 bits per heavy atom. The van der Waals surface area contributed by atoms with E-state index in [9.17, 15) is 14.7 Å². The van der Waals surface area contributed by atoms with Gasteiger partial charge in [0.1, 0.15) is 35.7 Å². The summed E-state index contributed by atoms with van der Waals surface area (Å²) in [5.41, 5.74) is 2.62. The third-order valence-electron chi connectivity index (χ3n) is 6.27. The van der Waals surface area contributed by atoms with E-state index < -0.39 is 17.7 Å². The molecule has 1 amide bonds. The number of amides is 1. The quantitative estimate of drug-likeness (QED) is 0.175. The van der Waals surface area contributed by atoms with Crippen molar-refractivity contribution in [3.8, 4) is 5.75 Å². The molecule has 4 aromatic rings. The lowest BCUT2D eigenvalue weighted by atomic mass is 9.98. The van der Waals surface area contributed by atoms with Gasteiger partial charge in [0.25, 0.3) is 11.7 Å². The molecule has 0 bridgehead atoms. The van der Waals surface area contributed by atoms with Crippen LogP contribution in [0, 0.1) is 13.8 Å². The third kappa shape index (κ3) is 4.76. The van der Waals surface area contributed by atoms with E-state index in [1.807, 2.05) is 37.3 Å². The highest BCUT2D eigenvalue weighted by molar-refractivity contribution is 6.51. The number of rotatable bonds is 6. The Bertz CT molecular complexity index is 1500. The number of nitrogens with zero attached hydrogens (tertiary/aromatic N) is 1. The van der Waals surface area contributed by atoms with E-state index in [1.165, 1.54) is 4.90 Å². The molecule has 1 N–H and O–H groups in total. The standard InChI is InChI=1S/C30H24ClNO5/c1-18-16-21(9-15-24(18)36-17-20-6-4-3-5-7-20)28(33)26-27(25-14-8-19(2)37-25)32(30(35)29(26)34)23-12-10-22(31)11-13-23/h3-16,27,33H,17H2,1-2H3/b28-26-. The highest BCUT2D eigenvalue weighted by Crippen LogP contribution is 2.43. The molecular formula is C30H24ClNO5. The largest absolute Gasteiger partial charge is 0.507 e. The number of ketones is 1. The van der Waals surface area contributed by atoms with Crippen LogP contribution in [0.15, 0.2) is 94.9 Å². The molecule has 1 aliphatic rings. The molecule has 0 spiro atoms. The number of Topliss-reactive ketones (excluding diaryl/α,β-unsaturated/α-hetero) is 1. The molecule has 7 heteroatoms. The number of carbonyl (C=O) groups excluding carboxylic acids is 2. The molecule has 0 saturated carbocycles. The van der Waals surface area contributed by atoms with Crippen molar-refractivity contribution in [3.05, 3.63) is 124 Å². The Morgan fingerprint density at radius 3 is 2.35 bits per heavy atom. The van der Waals surface area contributed by atoms with Gasteiger partial charge in [-0.25, -0.2) is 0 Å².